The number of carbonyl (C=O) groups is 1. The summed E-state index contributed by atoms with van der Waals surface area (Å²) in [6.07, 6.45) is 4.43. The highest BCUT2D eigenvalue weighted by atomic mass is 32.1. The molecule has 2 saturated heterocycles. The lowest BCUT2D eigenvalue weighted by atomic mass is 9.88. The van der Waals surface area contributed by atoms with E-state index in [-0.39, 0.29) is 28.2 Å². The molecular formula is C24H28FN5O5S. The quantitative estimate of drug-likeness (QED) is 0.404. The Hall–Kier alpha value is -2.93. The van der Waals surface area contributed by atoms with Crippen molar-refractivity contribution < 1.29 is 24.1 Å². The molecule has 192 valence electrons. The summed E-state index contributed by atoms with van der Waals surface area (Å²) in [5, 5.41) is 25.3. The van der Waals surface area contributed by atoms with E-state index in [2.05, 4.69) is 15.3 Å². The number of aromatic nitrogens is 3. The number of aryl methyl sites for hydroxylation is 1. The fourth-order valence-electron chi connectivity index (χ4n) is 4.75. The monoisotopic (exact) mass is 517 g/mol. The zero-order valence-corrected chi connectivity index (χ0v) is 20.8. The summed E-state index contributed by atoms with van der Waals surface area (Å²) in [6, 6.07) is 1.73. The molecular weight excluding hydrogens is 489 g/mol. The predicted molar refractivity (Wildman–Crippen MR) is 133 cm³/mol. The van der Waals surface area contributed by atoms with Gasteiger partial charge in [-0.15, -0.1) is 11.3 Å². The molecule has 0 bridgehead atoms. The smallest absolute Gasteiger partial charge is 0.341 e. The van der Waals surface area contributed by atoms with Gasteiger partial charge >= 0.3 is 5.97 Å². The van der Waals surface area contributed by atoms with Crippen LogP contribution in [0.1, 0.15) is 42.1 Å². The van der Waals surface area contributed by atoms with Gasteiger partial charge in [-0.25, -0.2) is 9.78 Å². The van der Waals surface area contributed by atoms with E-state index >= 15 is 0 Å². The molecule has 0 amide bonds. The van der Waals surface area contributed by atoms with Crippen molar-refractivity contribution in [2.24, 2.45) is 5.92 Å². The predicted octanol–water partition coefficient (Wildman–Crippen LogP) is 2.29. The number of ether oxygens (including phenoxy) is 1. The van der Waals surface area contributed by atoms with Crippen LogP contribution in [-0.4, -0.2) is 68.8 Å². The molecule has 36 heavy (non-hydrogen) atoms. The molecule has 5 rings (SSSR count). The molecule has 2 atom stereocenters. The van der Waals surface area contributed by atoms with Crippen LogP contribution in [0.15, 0.2) is 22.4 Å². The first-order chi connectivity index (χ1) is 17.1. The molecule has 0 aliphatic carbocycles. The number of halogens is 1. The summed E-state index contributed by atoms with van der Waals surface area (Å²) in [7, 11) is 0. The van der Waals surface area contributed by atoms with E-state index < -0.39 is 28.6 Å². The van der Waals surface area contributed by atoms with E-state index in [4.69, 9.17) is 4.74 Å². The second kappa shape index (κ2) is 9.51. The Bertz CT molecular complexity index is 1360. The van der Waals surface area contributed by atoms with Crippen LogP contribution >= 0.6 is 11.3 Å². The third-order valence-corrected chi connectivity index (χ3v) is 7.82. The van der Waals surface area contributed by atoms with E-state index in [9.17, 15) is 24.2 Å². The molecule has 12 heteroatoms. The number of anilines is 1. The highest BCUT2D eigenvalue weighted by molar-refractivity contribution is 7.12. The number of aliphatic hydroxyl groups is 1. The lowest BCUT2D eigenvalue weighted by molar-refractivity contribution is -0.0621. The molecule has 0 saturated carbocycles. The molecule has 3 aromatic rings. The summed E-state index contributed by atoms with van der Waals surface area (Å²) in [6.45, 7) is 5.88. The molecule has 2 aliphatic rings. The van der Waals surface area contributed by atoms with E-state index in [1.807, 2.05) is 4.90 Å². The minimum absolute atomic E-state index is 0.0523. The van der Waals surface area contributed by atoms with Crippen LogP contribution in [0, 0.1) is 18.8 Å². The maximum Gasteiger partial charge on any atom is 0.341 e. The van der Waals surface area contributed by atoms with Crippen molar-refractivity contribution in [2.45, 2.75) is 44.9 Å². The first-order valence-corrected chi connectivity index (χ1v) is 12.8. The number of hydrogen-bond donors (Lipinski definition) is 3. The largest absolute Gasteiger partial charge is 0.477 e. The van der Waals surface area contributed by atoms with Crippen LogP contribution in [-0.2, 0) is 4.74 Å². The minimum Gasteiger partial charge on any atom is -0.477 e. The van der Waals surface area contributed by atoms with Crippen molar-refractivity contribution >= 4 is 34.2 Å². The van der Waals surface area contributed by atoms with Crippen LogP contribution < -0.4 is 15.6 Å². The average molecular weight is 518 g/mol. The zero-order valence-electron chi connectivity index (χ0n) is 20.0. The SMILES string of the molecule is Cc1cc(N2CC(C(C)(O)NCC3CCCCO3)C2)nc2c1c(=O)c(C(=O)O)cn2-c1nc(F)cs1. The van der Waals surface area contributed by atoms with E-state index in [1.54, 1.807) is 19.9 Å². The van der Waals surface area contributed by atoms with E-state index in [0.29, 0.717) is 31.0 Å². The third kappa shape index (κ3) is 4.61. The Balaban J connectivity index is 1.42. The van der Waals surface area contributed by atoms with Gasteiger partial charge in [-0.1, -0.05) is 0 Å². The minimum atomic E-state index is -1.38. The van der Waals surface area contributed by atoms with Crippen molar-refractivity contribution in [1.82, 2.24) is 19.9 Å². The van der Waals surface area contributed by atoms with Crippen LogP contribution in [0.2, 0.25) is 0 Å². The van der Waals surface area contributed by atoms with Gasteiger partial charge in [0.1, 0.15) is 17.1 Å². The third-order valence-electron chi connectivity index (χ3n) is 7.00. The first-order valence-electron chi connectivity index (χ1n) is 11.9. The first kappa shape index (κ1) is 24.8. The van der Waals surface area contributed by atoms with Gasteiger partial charge in [-0.05, 0) is 44.7 Å². The van der Waals surface area contributed by atoms with Gasteiger partial charge in [0.2, 0.25) is 11.4 Å². The Morgan fingerprint density at radius 2 is 2.14 bits per heavy atom. The van der Waals surface area contributed by atoms with Crippen molar-refractivity contribution in [3.8, 4) is 5.13 Å². The zero-order chi connectivity index (χ0) is 25.6. The summed E-state index contributed by atoms with van der Waals surface area (Å²) in [5.41, 5.74) is -1.42. The fraction of sp³-hybridized carbons (Fsp3) is 0.500. The number of nitrogens with zero attached hydrogens (tertiary/aromatic N) is 4. The molecule has 2 aliphatic heterocycles. The topological polar surface area (TPSA) is 130 Å². The maximum absolute atomic E-state index is 13.7. The second-order valence-corrected chi connectivity index (χ2v) is 10.5. The molecule has 2 unspecified atom stereocenters. The van der Waals surface area contributed by atoms with Crippen molar-refractivity contribution in [3.05, 3.63) is 44.9 Å². The number of aromatic carboxylic acids is 1. The van der Waals surface area contributed by atoms with Gasteiger partial charge in [0.15, 0.2) is 10.8 Å². The highest BCUT2D eigenvalue weighted by Gasteiger charge is 2.41. The molecule has 0 radical (unpaired) electrons. The van der Waals surface area contributed by atoms with Gasteiger partial charge in [0.25, 0.3) is 0 Å². The van der Waals surface area contributed by atoms with E-state index in [1.165, 1.54) is 9.95 Å². The second-order valence-electron chi connectivity index (χ2n) is 9.61. The van der Waals surface area contributed by atoms with Gasteiger partial charge < -0.3 is 19.8 Å². The van der Waals surface area contributed by atoms with E-state index in [0.717, 1.165) is 43.4 Å². The molecule has 0 spiro atoms. The Kier molecular flexibility index (Phi) is 6.54. The molecule has 3 aromatic heterocycles. The Morgan fingerprint density at radius 1 is 1.36 bits per heavy atom. The molecule has 2 fully saturated rings. The number of carboxylic acid groups (broad SMARTS) is 1. The Morgan fingerprint density at radius 3 is 2.78 bits per heavy atom. The number of carboxylic acids is 1. The molecule has 5 heterocycles. The standard InChI is InChI=1S/C24H28FN5O5S/c1-13-7-18(29-9-14(10-29)24(2,34)26-8-15-5-3-4-6-35-15)28-21-19(13)20(31)16(22(32)33)11-30(21)23-27-17(25)12-36-23/h7,11-12,14-15,26,34H,3-6,8-10H2,1-2H3,(H,32,33). The maximum atomic E-state index is 13.7. The van der Waals surface area contributed by atoms with Crippen molar-refractivity contribution in [1.29, 1.82) is 0 Å². The van der Waals surface area contributed by atoms with Crippen molar-refractivity contribution in [2.75, 3.05) is 31.1 Å². The number of nitrogens with one attached hydrogen (secondary N) is 1. The normalized spacial score (nSPS) is 20.3. The highest BCUT2D eigenvalue weighted by Crippen LogP contribution is 2.32. The van der Waals surface area contributed by atoms with Gasteiger partial charge in [-0.3, -0.25) is 14.7 Å². The summed E-state index contributed by atoms with van der Waals surface area (Å²) >= 11 is 0.981. The molecule has 3 N–H and O–H groups in total. The molecule has 10 nitrogen and oxygen atoms in total. The van der Waals surface area contributed by atoms with Crippen LogP contribution in [0.3, 0.4) is 0 Å². The Labute approximate surface area is 210 Å². The van der Waals surface area contributed by atoms with Gasteiger partial charge in [0, 0.05) is 43.7 Å². The number of rotatable bonds is 7. The number of thiazole rings is 1. The lowest BCUT2D eigenvalue weighted by Gasteiger charge is -2.47. The number of hydrogen-bond acceptors (Lipinski definition) is 9. The van der Waals surface area contributed by atoms with Gasteiger partial charge in [0.05, 0.1) is 11.5 Å². The average Bonchev–Trinajstić information content (AvgIpc) is 3.23. The number of pyridine rings is 2. The van der Waals surface area contributed by atoms with Gasteiger partial charge in [-0.2, -0.15) is 9.37 Å². The van der Waals surface area contributed by atoms with Crippen LogP contribution in [0.25, 0.3) is 16.2 Å². The fourth-order valence-corrected chi connectivity index (χ4v) is 5.40. The molecule has 0 aromatic carbocycles. The van der Waals surface area contributed by atoms with Crippen LogP contribution in [0.5, 0.6) is 0 Å². The number of fused-ring (bicyclic) bond motifs is 1. The lowest BCUT2D eigenvalue weighted by Crippen LogP contribution is -2.63. The van der Waals surface area contributed by atoms with Crippen LogP contribution in [0.4, 0.5) is 10.2 Å². The summed E-state index contributed by atoms with van der Waals surface area (Å²) in [4.78, 5) is 35.1. The summed E-state index contributed by atoms with van der Waals surface area (Å²) < 4.78 is 20.8. The van der Waals surface area contributed by atoms with Crippen molar-refractivity contribution in [3.63, 3.8) is 0 Å². The summed E-state index contributed by atoms with van der Waals surface area (Å²) in [5.74, 6) is -1.56.